The van der Waals surface area contributed by atoms with E-state index in [4.69, 9.17) is 20.3 Å². The third-order valence-corrected chi connectivity index (χ3v) is 8.00. The quantitative estimate of drug-likeness (QED) is 0.256. The van der Waals surface area contributed by atoms with Crippen LogP contribution in [-0.4, -0.2) is 60.0 Å². The van der Waals surface area contributed by atoms with Gasteiger partial charge in [-0.05, 0) is 73.3 Å². The molecule has 3 aromatic carbocycles. The second-order valence-corrected chi connectivity index (χ2v) is 10.8. The fourth-order valence-electron chi connectivity index (χ4n) is 5.84. The van der Waals surface area contributed by atoms with Crippen LogP contribution in [0.15, 0.2) is 72.8 Å². The molecule has 1 aliphatic heterocycles. The molecule has 0 aromatic heterocycles. The van der Waals surface area contributed by atoms with Crippen LogP contribution < -0.4 is 15.2 Å². The van der Waals surface area contributed by atoms with E-state index < -0.39 is 18.0 Å². The van der Waals surface area contributed by atoms with Crippen LogP contribution in [0.3, 0.4) is 0 Å². The first-order chi connectivity index (χ1) is 19.9. The van der Waals surface area contributed by atoms with E-state index in [-0.39, 0.29) is 36.2 Å². The van der Waals surface area contributed by atoms with E-state index in [0.717, 1.165) is 42.1 Å². The molecule has 0 radical (unpaired) electrons. The first kappa shape index (κ1) is 28.5. The number of Topliss-reactive ketones (excluding diaryl/α,β-unsaturated/α-hetero) is 1. The van der Waals surface area contributed by atoms with Crippen molar-refractivity contribution in [3.05, 3.63) is 95.1 Å². The molecule has 214 valence electrons. The maximum Gasteiger partial charge on any atom is 0.328 e. The van der Waals surface area contributed by atoms with Crippen molar-refractivity contribution in [3.8, 4) is 11.5 Å². The van der Waals surface area contributed by atoms with Gasteiger partial charge in [0.15, 0.2) is 5.78 Å². The van der Waals surface area contributed by atoms with Crippen LogP contribution in [0.5, 0.6) is 11.5 Å². The van der Waals surface area contributed by atoms with E-state index in [0.29, 0.717) is 18.6 Å². The summed E-state index contributed by atoms with van der Waals surface area (Å²) < 4.78 is 11.5. The van der Waals surface area contributed by atoms with Crippen LogP contribution in [0, 0.1) is 0 Å². The van der Waals surface area contributed by atoms with Crippen molar-refractivity contribution < 1.29 is 29.0 Å². The third-order valence-electron chi connectivity index (χ3n) is 8.00. The topological polar surface area (TPSA) is 119 Å². The Balaban J connectivity index is 1.38. The summed E-state index contributed by atoms with van der Waals surface area (Å²) in [5.41, 5.74) is 9.35. The van der Waals surface area contributed by atoms with Crippen molar-refractivity contribution in [3.63, 3.8) is 0 Å². The zero-order valence-electron chi connectivity index (χ0n) is 23.0. The molecule has 5 rings (SSSR count). The maximum atomic E-state index is 13.4. The first-order valence-corrected chi connectivity index (χ1v) is 14.3. The smallest absolute Gasteiger partial charge is 0.328 e. The maximum absolute atomic E-state index is 13.4. The molecule has 3 aromatic rings. The molecule has 0 amide bonds. The summed E-state index contributed by atoms with van der Waals surface area (Å²) in [5.74, 6) is -0.909. The molecule has 0 spiro atoms. The number of carbonyl (C=O) groups is 3. The van der Waals surface area contributed by atoms with Gasteiger partial charge < -0.3 is 20.3 Å². The number of carbonyl (C=O) groups excluding carboxylic acids is 2. The second kappa shape index (κ2) is 13.1. The van der Waals surface area contributed by atoms with Crippen molar-refractivity contribution in [1.82, 2.24) is 4.90 Å². The number of nitrogens with two attached hydrogens (primary N) is 1. The first-order valence-electron chi connectivity index (χ1n) is 14.3. The standard InChI is InChI=1S/C33H36N2O6/c34-29(14-15-31(37)38)33(39)41-25-12-13-26-28(20-25)30(36)21-27(22-6-2-1-3-7-22)32(26)23-8-10-24(11-9-23)40-19-18-35-16-4-5-17-35/h1-3,6-13,20,27,29,32H,4-5,14-19,21,34H2,(H,37,38). The lowest BCUT2D eigenvalue weighted by molar-refractivity contribution is -0.138. The summed E-state index contributed by atoms with van der Waals surface area (Å²) in [6.07, 6.45) is 2.56. The van der Waals surface area contributed by atoms with E-state index in [1.165, 1.54) is 12.8 Å². The van der Waals surface area contributed by atoms with Crippen LogP contribution in [0.1, 0.15) is 71.0 Å². The van der Waals surface area contributed by atoms with E-state index in [1.54, 1.807) is 12.1 Å². The second-order valence-electron chi connectivity index (χ2n) is 10.8. The molecule has 41 heavy (non-hydrogen) atoms. The number of nitrogens with zero attached hydrogens (tertiary/aromatic N) is 1. The number of esters is 1. The number of benzene rings is 3. The molecule has 1 fully saturated rings. The summed E-state index contributed by atoms with van der Waals surface area (Å²) in [4.78, 5) is 39.1. The molecule has 8 heteroatoms. The monoisotopic (exact) mass is 556 g/mol. The largest absolute Gasteiger partial charge is 0.492 e. The zero-order chi connectivity index (χ0) is 28.8. The molecule has 1 aliphatic carbocycles. The van der Waals surface area contributed by atoms with Gasteiger partial charge in [0, 0.05) is 36.8 Å². The van der Waals surface area contributed by atoms with Crippen molar-refractivity contribution >= 4 is 17.7 Å². The predicted octanol–water partition coefficient (Wildman–Crippen LogP) is 4.76. The highest BCUT2D eigenvalue weighted by Crippen LogP contribution is 2.47. The summed E-state index contributed by atoms with van der Waals surface area (Å²) in [6.45, 7) is 3.85. The molecule has 3 N–H and O–H groups in total. The summed E-state index contributed by atoms with van der Waals surface area (Å²) in [6, 6.07) is 22.2. The normalized spacial score (nSPS) is 19.4. The van der Waals surface area contributed by atoms with Gasteiger partial charge in [0.1, 0.15) is 24.1 Å². The zero-order valence-corrected chi connectivity index (χ0v) is 23.0. The van der Waals surface area contributed by atoms with E-state index in [9.17, 15) is 14.4 Å². The number of carboxylic acids is 1. The Kier molecular flexibility index (Phi) is 9.11. The minimum atomic E-state index is -1.07. The van der Waals surface area contributed by atoms with Gasteiger partial charge in [-0.25, -0.2) is 4.79 Å². The Labute approximate surface area is 240 Å². The highest BCUT2D eigenvalue weighted by atomic mass is 16.5. The van der Waals surface area contributed by atoms with Gasteiger partial charge in [-0.2, -0.15) is 0 Å². The number of likely N-dealkylation sites (tertiary alicyclic amines) is 1. The Morgan fingerprint density at radius 1 is 0.951 bits per heavy atom. The molecular formula is C33H36N2O6. The fraction of sp³-hybridized carbons (Fsp3) is 0.364. The van der Waals surface area contributed by atoms with E-state index in [2.05, 4.69) is 29.2 Å². The molecule has 8 nitrogen and oxygen atoms in total. The molecule has 1 heterocycles. The number of hydrogen-bond donors (Lipinski definition) is 2. The van der Waals surface area contributed by atoms with Gasteiger partial charge in [-0.1, -0.05) is 48.5 Å². The van der Waals surface area contributed by atoms with Gasteiger partial charge in [-0.3, -0.25) is 14.5 Å². The lowest BCUT2D eigenvalue weighted by Gasteiger charge is -2.34. The highest BCUT2D eigenvalue weighted by molar-refractivity contribution is 6.00. The SMILES string of the molecule is NC(CCC(=O)O)C(=O)Oc1ccc2c(c1)C(=O)CC(c1ccccc1)C2c1ccc(OCCN2CCCC2)cc1. The number of aliphatic carboxylic acids is 1. The van der Waals surface area contributed by atoms with Crippen molar-refractivity contribution in [2.45, 2.75) is 50.0 Å². The van der Waals surface area contributed by atoms with Gasteiger partial charge in [0.25, 0.3) is 0 Å². The molecule has 2 aliphatic rings. The molecule has 1 saturated heterocycles. The summed E-state index contributed by atoms with van der Waals surface area (Å²) in [7, 11) is 0. The van der Waals surface area contributed by atoms with Gasteiger partial charge in [-0.15, -0.1) is 0 Å². The molecule has 0 bridgehead atoms. The third kappa shape index (κ3) is 7.01. The van der Waals surface area contributed by atoms with Crippen molar-refractivity contribution in [1.29, 1.82) is 0 Å². The van der Waals surface area contributed by atoms with Gasteiger partial charge in [0.05, 0.1) is 0 Å². The van der Waals surface area contributed by atoms with Crippen molar-refractivity contribution in [2.24, 2.45) is 5.73 Å². The average Bonchev–Trinajstić information content (AvgIpc) is 3.50. The van der Waals surface area contributed by atoms with Crippen LogP contribution in [0.2, 0.25) is 0 Å². The number of ether oxygens (including phenoxy) is 2. The van der Waals surface area contributed by atoms with Gasteiger partial charge >= 0.3 is 11.9 Å². The van der Waals surface area contributed by atoms with Crippen LogP contribution in [0.25, 0.3) is 0 Å². The Bertz CT molecular complexity index is 1370. The summed E-state index contributed by atoms with van der Waals surface area (Å²) in [5, 5.41) is 8.86. The number of hydrogen-bond acceptors (Lipinski definition) is 7. The number of carboxylic acid groups (broad SMARTS) is 1. The van der Waals surface area contributed by atoms with E-state index >= 15 is 0 Å². The molecule has 3 atom stereocenters. The lowest BCUT2D eigenvalue weighted by atomic mass is 9.69. The number of rotatable bonds is 11. The number of ketones is 1. The van der Waals surface area contributed by atoms with Gasteiger partial charge in [0.2, 0.25) is 0 Å². The van der Waals surface area contributed by atoms with Crippen LogP contribution in [-0.2, 0) is 9.59 Å². The lowest BCUT2D eigenvalue weighted by Crippen LogP contribution is -2.34. The Hall–Kier alpha value is -4.01. The fourth-order valence-corrected chi connectivity index (χ4v) is 5.84. The minimum absolute atomic E-state index is 0.0277. The van der Waals surface area contributed by atoms with Crippen molar-refractivity contribution in [2.75, 3.05) is 26.2 Å². The van der Waals surface area contributed by atoms with Crippen LogP contribution >= 0.6 is 0 Å². The highest BCUT2D eigenvalue weighted by Gasteiger charge is 2.36. The molecular weight excluding hydrogens is 520 g/mol. The number of fused-ring (bicyclic) bond motifs is 1. The van der Waals surface area contributed by atoms with Crippen LogP contribution in [0.4, 0.5) is 0 Å². The molecule has 3 unspecified atom stereocenters. The Morgan fingerprint density at radius 3 is 2.37 bits per heavy atom. The van der Waals surface area contributed by atoms with E-state index in [1.807, 2.05) is 36.4 Å². The molecule has 0 saturated carbocycles. The predicted molar refractivity (Wildman–Crippen MR) is 155 cm³/mol. The summed E-state index contributed by atoms with van der Waals surface area (Å²) >= 11 is 0. The Morgan fingerprint density at radius 2 is 1.66 bits per heavy atom. The minimum Gasteiger partial charge on any atom is -0.492 e. The average molecular weight is 557 g/mol.